The van der Waals surface area contributed by atoms with Crippen LogP contribution in [0.25, 0.3) is 0 Å². The van der Waals surface area contributed by atoms with Gasteiger partial charge in [0.25, 0.3) is 5.69 Å². The number of hydrogen-bond donors (Lipinski definition) is 0. The van der Waals surface area contributed by atoms with E-state index in [2.05, 4.69) is 36.7 Å². The number of nitro benzene ring substituents is 1. The van der Waals surface area contributed by atoms with Gasteiger partial charge in [-0.1, -0.05) is 42.8 Å². The molecule has 15 heavy (non-hydrogen) atoms. The van der Waals surface area contributed by atoms with E-state index in [9.17, 15) is 10.1 Å². The van der Waals surface area contributed by atoms with Crippen molar-refractivity contribution in [3.05, 3.63) is 38.3 Å². The van der Waals surface area contributed by atoms with Crippen molar-refractivity contribution in [2.24, 2.45) is 0 Å². The fourth-order valence-electron chi connectivity index (χ4n) is 1.23. The minimum absolute atomic E-state index is 0. The van der Waals surface area contributed by atoms with E-state index in [0.717, 1.165) is 10.0 Å². The molecule has 84 valence electrons. The van der Waals surface area contributed by atoms with Crippen LogP contribution >= 0.6 is 32.9 Å². The van der Waals surface area contributed by atoms with Gasteiger partial charge >= 0.3 is 0 Å². The zero-order chi connectivity index (χ0) is 10.9. The van der Waals surface area contributed by atoms with Crippen molar-refractivity contribution < 1.29 is 4.92 Å². The molecular weight excluding hydrogens is 326 g/mol. The molecule has 0 aromatic heterocycles. The highest BCUT2D eigenvalue weighted by Crippen LogP contribution is 2.32. The second kappa shape index (κ2) is 5.07. The second-order valence-electron chi connectivity index (χ2n) is 4.17. The topological polar surface area (TPSA) is 43.1 Å². The first kappa shape index (κ1) is 14.6. The lowest BCUT2D eigenvalue weighted by atomic mass is 9.87. The summed E-state index contributed by atoms with van der Waals surface area (Å²) in [5.74, 6) is 0. The highest BCUT2D eigenvalue weighted by atomic mass is 79.9. The second-order valence-corrected chi connectivity index (χ2v) is 5.03. The maximum absolute atomic E-state index is 10.5. The van der Waals surface area contributed by atoms with Crippen LogP contribution in [0.2, 0.25) is 0 Å². The lowest BCUT2D eigenvalue weighted by Gasteiger charge is -2.20. The minimum Gasteiger partial charge on any atom is -0.258 e. The molecule has 0 fully saturated rings. The molecule has 0 saturated heterocycles. The standard InChI is InChI=1S/C10H12BrNO2.BrH/c1-10(2,3)8-5-4-7(12(13)14)6-9(8)11;/h4-6H,1-3H3;1H. The maximum atomic E-state index is 10.5. The Morgan fingerprint density at radius 2 is 1.87 bits per heavy atom. The molecule has 0 saturated carbocycles. The molecule has 0 bridgehead atoms. The molecular formula is C10H13Br2NO2. The van der Waals surface area contributed by atoms with Crippen LogP contribution in [-0.4, -0.2) is 4.92 Å². The van der Waals surface area contributed by atoms with Crippen LogP contribution in [0.3, 0.4) is 0 Å². The molecule has 0 N–H and O–H groups in total. The first-order valence-electron chi connectivity index (χ1n) is 4.27. The molecule has 0 spiro atoms. The first-order chi connectivity index (χ1) is 6.32. The third-order valence-corrected chi connectivity index (χ3v) is 2.63. The summed E-state index contributed by atoms with van der Waals surface area (Å²) < 4.78 is 0.791. The Bertz CT molecular complexity index is 372. The molecule has 1 rings (SSSR count). The number of nitrogens with zero attached hydrogens (tertiary/aromatic N) is 1. The minimum atomic E-state index is -0.392. The van der Waals surface area contributed by atoms with E-state index in [1.807, 2.05) is 0 Å². The Hall–Kier alpha value is -0.420. The zero-order valence-electron chi connectivity index (χ0n) is 8.78. The summed E-state index contributed by atoms with van der Waals surface area (Å²) in [7, 11) is 0. The summed E-state index contributed by atoms with van der Waals surface area (Å²) in [5, 5.41) is 10.5. The third kappa shape index (κ3) is 3.57. The number of rotatable bonds is 1. The van der Waals surface area contributed by atoms with Gasteiger partial charge in [-0.25, -0.2) is 0 Å². The molecule has 5 heteroatoms. The Kier molecular flexibility index (Phi) is 4.93. The van der Waals surface area contributed by atoms with Gasteiger partial charge in [-0.15, -0.1) is 17.0 Å². The summed E-state index contributed by atoms with van der Waals surface area (Å²) in [4.78, 5) is 10.1. The lowest BCUT2D eigenvalue weighted by Crippen LogP contribution is -2.11. The van der Waals surface area contributed by atoms with Gasteiger partial charge in [-0.05, 0) is 11.0 Å². The van der Waals surface area contributed by atoms with Crippen LogP contribution in [0.15, 0.2) is 22.7 Å². The zero-order valence-corrected chi connectivity index (χ0v) is 12.1. The molecule has 1 aromatic rings. The van der Waals surface area contributed by atoms with E-state index in [4.69, 9.17) is 0 Å². The van der Waals surface area contributed by atoms with Gasteiger partial charge in [0.15, 0.2) is 0 Å². The fraction of sp³-hybridized carbons (Fsp3) is 0.400. The average molecular weight is 339 g/mol. The van der Waals surface area contributed by atoms with E-state index >= 15 is 0 Å². The lowest BCUT2D eigenvalue weighted by molar-refractivity contribution is -0.384. The first-order valence-corrected chi connectivity index (χ1v) is 5.06. The van der Waals surface area contributed by atoms with Crippen LogP contribution in [0, 0.1) is 10.1 Å². The summed E-state index contributed by atoms with van der Waals surface area (Å²) in [6.07, 6.45) is 0. The van der Waals surface area contributed by atoms with Gasteiger partial charge in [0, 0.05) is 16.6 Å². The molecule has 0 aliphatic carbocycles. The smallest absolute Gasteiger partial charge is 0.258 e. The molecule has 0 radical (unpaired) electrons. The molecule has 0 amide bonds. The normalized spacial score (nSPS) is 10.7. The summed E-state index contributed by atoms with van der Waals surface area (Å²) in [6.45, 7) is 6.21. The number of hydrogen-bond acceptors (Lipinski definition) is 2. The van der Waals surface area contributed by atoms with Gasteiger partial charge in [0.1, 0.15) is 0 Å². The van der Waals surface area contributed by atoms with Crippen molar-refractivity contribution in [2.75, 3.05) is 0 Å². The predicted octanol–water partition coefficient (Wildman–Crippen LogP) is 4.23. The van der Waals surface area contributed by atoms with Crippen molar-refractivity contribution in [2.45, 2.75) is 26.2 Å². The molecule has 0 atom stereocenters. The van der Waals surface area contributed by atoms with E-state index in [0.29, 0.717) is 0 Å². The van der Waals surface area contributed by atoms with Gasteiger partial charge in [-0.3, -0.25) is 10.1 Å². The molecule has 0 heterocycles. The highest BCUT2D eigenvalue weighted by molar-refractivity contribution is 9.10. The van der Waals surface area contributed by atoms with Crippen LogP contribution < -0.4 is 0 Å². The fourth-order valence-corrected chi connectivity index (χ4v) is 2.19. The van der Waals surface area contributed by atoms with Crippen LogP contribution in [0.1, 0.15) is 26.3 Å². The van der Waals surface area contributed by atoms with Gasteiger partial charge < -0.3 is 0 Å². The molecule has 3 nitrogen and oxygen atoms in total. The number of benzene rings is 1. The van der Waals surface area contributed by atoms with E-state index in [1.54, 1.807) is 12.1 Å². The van der Waals surface area contributed by atoms with Crippen LogP contribution in [-0.2, 0) is 5.41 Å². The predicted molar refractivity (Wildman–Crippen MR) is 69.8 cm³/mol. The molecule has 0 unspecified atom stereocenters. The molecule has 0 aliphatic rings. The van der Waals surface area contributed by atoms with E-state index in [-0.39, 0.29) is 28.1 Å². The van der Waals surface area contributed by atoms with E-state index < -0.39 is 4.92 Å². The SMILES string of the molecule is Br.CC(C)(C)c1ccc([N+](=O)[O-])cc1Br. The highest BCUT2D eigenvalue weighted by Gasteiger charge is 2.19. The Labute approximate surface area is 108 Å². The number of non-ortho nitro benzene ring substituents is 1. The summed E-state index contributed by atoms with van der Waals surface area (Å²) >= 11 is 3.35. The third-order valence-electron chi connectivity index (χ3n) is 1.97. The van der Waals surface area contributed by atoms with Gasteiger partial charge in [-0.2, -0.15) is 0 Å². The summed E-state index contributed by atoms with van der Waals surface area (Å²) in [6, 6.07) is 4.87. The Morgan fingerprint density at radius 3 is 2.20 bits per heavy atom. The Balaban J connectivity index is 0.00000196. The van der Waals surface area contributed by atoms with Crippen molar-refractivity contribution in [3.63, 3.8) is 0 Å². The van der Waals surface area contributed by atoms with Crippen LogP contribution in [0.4, 0.5) is 5.69 Å². The largest absolute Gasteiger partial charge is 0.270 e. The van der Waals surface area contributed by atoms with Crippen LogP contribution in [0.5, 0.6) is 0 Å². The van der Waals surface area contributed by atoms with Crippen molar-refractivity contribution in [1.82, 2.24) is 0 Å². The molecule has 1 aromatic carbocycles. The number of halogens is 2. The number of nitro groups is 1. The summed E-state index contributed by atoms with van der Waals surface area (Å²) in [5.41, 5.74) is 1.18. The van der Waals surface area contributed by atoms with Crippen molar-refractivity contribution >= 4 is 38.6 Å². The quantitative estimate of drug-likeness (QED) is 0.568. The van der Waals surface area contributed by atoms with Gasteiger partial charge in [0.05, 0.1) is 4.92 Å². The maximum Gasteiger partial charge on any atom is 0.270 e. The molecule has 0 aliphatic heterocycles. The van der Waals surface area contributed by atoms with E-state index in [1.165, 1.54) is 6.07 Å². The van der Waals surface area contributed by atoms with Crippen molar-refractivity contribution in [1.29, 1.82) is 0 Å². The Morgan fingerprint density at radius 1 is 1.33 bits per heavy atom. The van der Waals surface area contributed by atoms with Crippen molar-refractivity contribution in [3.8, 4) is 0 Å². The van der Waals surface area contributed by atoms with Gasteiger partial charge in [0.2, 0.25) is 0 Å². The monoisotopic (exact) mass is 337 g/mol. The average Bonchev–Trinajstić information content (AvgIpc) is 2.01.